The number of benzene rings is 1. The number of aryl methyl sites for hydroxylation is 1. The Bertz CT molecular complexity index is 805. The van der Waals surface area contributed by atoms with Gasteiger partial charge < -0.3 is 5.32 Å². The normalized spacial score (nSPS) is 13.8. The van der Waals surface area contributed by atoms with Crippen molar-refractivity contribution in [3.05, 3.63) is 76.5 Å². The molecule has 2 aromatic rings. The Labute approximate surface area is 153 Å². The lowest BCUT2D eigenvalue weighted by atomic mass is 10.0. The Morgan fingerprint density at radius 2 is 2.00 bits per heavy atom. The maximum atomic E-state index is 12.4. The molecule has 0 fully saturated rings. The van der Waals surface area contributed by atoms with Crippen LogP contribution < -0.4 is 5.32 Å². The molecule has 3 rings (SSSR count). The lowest BCUT2D eigenvalue weighted by Crippen LogP contribution is -2.12. The van der Waals surface area contributed by atoms with Gasteiger partial charge in [0.05, 0.1) is 11.3 Å². The number of thioether (sulfide) groups is 1. The SMILES string of the molecule is CCc1ccc(NC(=O)c2ccc(C3=C(SC)CCC=C3)nc2)cc1. The molecule has 1 aliphatic rings. The van der Waals surface area contributed by atoms with Gasteiger partial charge in [-0.1, -0.05) is 31.2 Å². The summed E-state index contributed by atoms with van der Waals surface area (Å²) in [6, 6.07) is 11.7. The molecule has 0 spiro atoms. The molecule has 0 atom stereocenters. The Balaban J connectivity index is 1.74. The number of hydrogen-bond acceptors (Lipinski definition) is 3. The molecule has 4 heteroatoms. The van der Waals surface area contributed by atoms with Crippen molar-refractivity contribution in [2.24, 2.45) is 0 Å². The summed E-state index contributed by atoms with van der Waals surface area (Å²) in [6.45, 7) is 2.11. The third-order valence-corrected chi connectivity index (χ3v) is 5.21. The van der Waals surface area contributed by atoms with E-state index in [9.17, 15) is 4.79 Å². The van der Waals surface area contributed by atoms with E-state index in [1.54, 1.807) is 18.0 Å². The van der Waals surface area contributed by atoms with Gasteiger partial charge >= 0.3 is 0 Å². The van der Waals surface area contributed by atoms with Gasteiger partial charge in [-0.05, 0) is 60.3 Å². The van der Waals surface area contributed by atoms with Crippen LogP contribution in [0.5, 0.6) is 0 Å². The molecule has 1 heterocycles. The van der Waals surface area contributed by atoms with Crippen LogP contribution in [-0.4, -0.2) is 17.1 Å². The number of amides is 1. The predicted octanol–water partition coefficient (Wildman–Crippen LogP) is 5.32. The third-order valence-electron chi connectivity index (χ3n) is 4.29. The predicted molar refractivity (Wildman–Crippen MR) is 107 cm³/mol. The van der Waals surface area contributed by atoms with Crippen molar-refractivity contribution in [2.75, 3.05) is 11.6 Å². The zero-order valence-electron chi connectivity index (χ0n) is 14.6. The van der Waals surface area contributed by atoms with E-state index < -0.39 is 0 Å². The minimum Gasteiger partial charge on any atom is -0.322 e. The molecule has 3 nitrogen and oxygen atoms in total. The number of rotatable bonds is 5. The summed E-state index contributed by atoms with van der Waals surface area (Å²) in [5.74, 6) is -0.137. The first-order valence-electron chi connectivity index (χ1n) is 8.51. The van der Waals surface area contributed by atoms with E-state index in [1.165, 1.54) is 16.0 Å². The Hall–Kier alpha value is -2.33. The third kappa shape index (κ3) is 4.20. The second-order valence-electron chi connectivity index (χ2n) is 5.92. The van der Waals surface area contributed by atoms with Crippen LogP contribution in [0.3, 0.4) is 0 Å². The Kier molecular flexibility index (Phi) is 5.71. The highest BCUT2D eigenvalue weighted by Gasteiger charge is 2.12. The van der Waals surface area contributed by atoms with Crippen LogP contribution in [0.25, 0.3) is 5.57 Å². The molecule has 0 aliphatic heterocycles. The molecule has 128 valence electrons. The maximum Gasteiger partial charge on any atom is 0.257 e. The first kappa shape index (κ1) is 17.5. The number of allylic oxidation sites excluding steroid dienone is 4. The van der Waals surface area contributed by atoms with E-state index in [-0.39, 0.29) is 5.91 Å². The zero-order valence-corrected chi connectivity index (χ0v) is 15.4. The van der Waals surface area contributed by atoms with Crippen molar-refractivity contribution in [3.8, 4) is 0 Å². The van der Waals surface area contributed by atoms with Gasteiger partial charge in [0, 0.05) is 17.5 Å². The first-order chi connectivity index (χ1) is 12.2. The van der Waals surface area contributed by atoms with Crippen LogP contribution in [-0.2, 0) is 6.42 Å². The van der Waals surface area contributed by atoms with Crippen LogP contribution in [0, 0.1) is 0 Å². The number of carbonyl (C=O) groups excluding carboxylic acids is 1. The fourth-order valence-corrected chi connectivity index (χ4v) is 3.51. The minimum absolute atomic E-state index is 0.137. The quantitative estimate of drug-likeness (QED) is 0.793. The number of aromatic nitrogens is 1. The van der Waals surface area contributed by atoms with Crippen molar-refractivity contribution < 1.29 is 4.79 Å². The molecular formula is C21H22N2OS. The van der Waals surface area contributed by atoms with Gasteiger partial charge in [0.15, 0.2) is 0 Å². The summed E-state index contributed by atoms with van der Waals surface area (Å²) in [7, 11) is 0. The lowest BCUT2D eigenvalue weighted by molar-refractivity contribution is 0.102. The first-order valence-corrected chi connectivity index (χ1v) is 9.74. The molecule has 0 saturated carbocycles. The molecule has 0 saturated heterocycles. The largest absolute Gasteiger partial charge is 0.322 e. The van der Waals surface area contributed by atoms with E-state index in [0.29, 0.717) is 5.56 Å². The van der Waals surface area contributed by atoms with Gasteiger partial charge in [-0.15, -0.1) is 11.8 Å². The second kappa shape index (κ2) is 8.17. The monoisotopic (exact) mass is 350 g/mol. The van der Waals surface area contributed by atoms with Crippen molar-refractivity contribution in [3.63, 3.8) is 0 Å². The van der Waals surface area contributed by atoms with E-state index >= 15 is 0 Å². The Morgan fingerprint density at radius 3 is 2.64 bits per heavy atom. The molecule has 1 amide bonds. The molecule has 1 aliphatic carbocycles. The second-order valence-corrected chi connectivity index (χ2v) is 6.82. The van der Waals surface area contributed by atoms with Crippen molar-refractivity contribution in [1.82, 2.24) is 4.98 Å². The van der Waals surface area contributed by atoms with Gasteiger partial charge in [0.2, 0.25) is 0 Å². The highest BCUT2D eigenvalue weighted by atomic mass is 32.2. The average Bonchev–Trinajstić information content (AvgIpc) is 2.68. The summed E-state index contributed by atoms with van der Waals surface area (Å²) < 4.78 is 0. The summed E-state index contributed by atoms with van der Waals surface area (Å²) in [6.07, 6.45) is 11.2. The molecule has 0 unspecified atom stereocenters. The summed E-state index contributed by atoms with van der Waals surface area (Å²) in [5, 5.41) is 2.92. The number of nitrogens with one attached hydrogen (secondary N) is 1. The van der Waals surface area contributed by atoms with E-state index in [4.69, 9.17) is 0 Å². The van der Waals surface area contributed by atoms with E-state index in [0.717, 1.165) is 30.6 Å². The molecule has 1 N–H and O–H groups in total. The van der Waals surface area contributed by atoms with Gasteiger partial charge in [-0.25, -0.2) is 0 Å². The number of carbonyl (C=O) groups is 1. The lowest BCUT2D eigenvalue weighted by Gasteiger charge is -2.14. The van der Waals surface area contributed by atoms with Crippen molar-refractivity contribution in [1.29, 1.82) is 0 Å². The van der Waals surface area contributed by atoms with Gasteiger partial charge in [0.1, 0.15) is 0 Å². The summed E-state index contributed by atoms with van der Waals surface area (Å²) in [4.78, 5) is 18.3. The smallest absolute Gasteiger partial charge is 0.257 e. The summed E-state index contributed by atoms with van der Waals surface area (Å²) >= 11 is 1.77. The maximum absolute atomic E-state index is 12.4. The number of anilines is 1. The van der Waals surface area contributed by atoms with Gasteiger partial charge in [0.25, 0.3) is 5.91 Å². The fourth-order valence-electron chi connectivity index (χ4n) is 2.80. The Morgan fingerprint density at radius 1 is 1.20 bits per heavy atom. The van der Waals surface area contributed by atoms with Gasteiger partial charge in [-0.3, -0.25) is 9.78 Å². The molecule has 1 aromatic carbocycles. The van der Waals surface area contributed by atoms with Gasteiger partial charge in [-0.2, -0.15) is 0 Å². The summed E-state index contributed by atoms with van der Waals surface area (Å²) in [5.41, 5.74) is 4.70. The zero-order chi connectivity index (χ0) is 17.6. The van der Waals surface area contributed by atoms with Crippen molar-refractivity contribution >= 4 is 28.9 Å². The topological polar surface area (TPSA) is 42.0 Å². The fraction of sp³-hybridized carbons (Fsp3) is 0.238. The van der Waals surface area contributed by atoms with Crippen LogP contribution in [0.1, 0.15) is 41.4 Å². The number of hydrogen-bond donors (Lipinski definition) is 1. The average molecular weight is 350 g/mol. The highest BCUT2D eigenvalue weighted by molar-refractivity contribution is 8.02. The standard InChI is InChI=1S/C21H22N2OS/c1-3-15-8-11-17(12-9-15)23-21(24)16-10-13-19(22-14-16)18-6-4-5-7-20(18)25-2/h4,6,8-14H,3,5,7H2,1-2H3,(H,23,24). The van der Waals surface area contributed by atoms with Crippen molar-refractivity contribution in [2.45, 2.75) is 26.2 Å². The molecular weight excluding hydrogens is 328 g/mol. The van der Waals surface area contributed by atoms with Crippen LogP contribution in [0.2, 0.25) is 0 Å². The van der Waals surface area contributed by atoms with Crippen LogP contribution >= 0.6 is 11.8 Å². The number of nitrogens with zero attached hydrogens (tertiary/aromatic N) is 1. The molecule has 25 heavy (non-hydrogen) atoms. The van der Waals surface area contributed by atoms with E-state index in [2.05, 4.69) is 35.6 Å². The molecule has 0 radical (unpaired) electrons. The van der Waals surface area contributed by atoms with Crippen LogP contribution in [0.15, 0.2) is 59.7 Å². The van der Waals surface area contributed by atoms with E-state index in [1.807, 2.05) is 36.4 Å². The highest BCUT2D eigenvalue weighted by Crippen LogP contribution is 2.32. The molecule has 0 bridgehead atoms. The van der Waals surface area contributed by atoms with Crippen LogP contribution in [0.4, 0.5) is 5.69 Å². The minimum atomic E-state index is -0.137. The number of pyridine rings is 1. The molecule has 1 aromatic heterocycles.